The van der Waals surface area contributed by atoms with Crippen LogP contribution in [-0.4, -0.2) is 33.5 Å². The van der Waals surface area contributed by atoms with Gasteiger partial charge in [0.15, 0.2) is 11.0 Å². The van der Waals surface area contributed by atoms with E-state index in [0.29, 0.717) is 21.7 Å². The summed E-state index contributed by atoms with van der Waals surface area (Å²) < 4.78 is 7.10. The standard InChI is InChI=1S/C24H21ClN4O2S/c1-16-3-11-20(12-4-16)29-23(17-5-7-18(25)8-6-17)27-28-24(29)32-15-22(30)26-19-9-13-21(31-2)14-10-19/h3-14H,15H2,1-2H3,(H,26,30). The van der Waals surface area contributed by atoms with Gasteiger partial charge in [-0.2, -0.15) is 0 Å². The Morgan fingerprint density at radius 3 is 2.34 bits per heavy atom. The molecule has 8 heteroatoms. The van der Waals surface area contributed by atoms with Crippen LogP contribution in [0.1, 0.15) is 5.56 Å². The van der Waals surface area contributed by atoms with Crippen molar-refractivity contribution in [2.45, 2.75) is 12.1 Å². The first-order valence-electron chi connectivity index (χ1n) is 9.88. The zero-order chi connectivity index (χ0) is 22.5. The van der Waals surface area contributed by atoms with Gasteiger partial charge in [-0.1, -0.05) is 41.1 Å². The highest BCUT2D eigenvalue weighted by molar-refractivity contribution is 7.99. The molecule has 0 atom stereocenters. The number of hydrogen-bond donors (Lipinski definition) is 1. The number of benzene rings is 3. The Morgan fingerprint density at radius 2 is 1.69 bits per heavy atom. The van der Waals surface area contributed by atoms with E-state index in [1.54, 1.807) is 31.4 Å². The van der Waals surface area contributed by atoms with Crippen LogP contribution in [0.25, 0.3) is 17.1 Å². The van der Waals surface area contributed by atoms with Gasteiger partial charge in [-0.3, -0.25) is 9.36 Å². The molecular weight excluding hydrogens is 444 g/mol. The van der Waals surface area contributed by atoms with Crippen LogP contribution in [0.3, 0.4) is 0 Å². The number of aryl methyl sites for hydroxylation is 1. The van der Waals surface area contributed by atoms with Crippen LogP contribution in [0.2, 0.25) is 5.02 Å². The van der Waals surface area contributed by atoms with E-state index in [-0.39, 0.29) is 11.7 Å². The number of nitrogens with zero attached hydrogens (tertiary/aromatic N) is 3. The van der Waals surface area contributed by atoms with Gasteiger partial charge in [-0.05, 0) is 67.6 Å². The second-order valence-electron chi connectivity index (χ2n) is 7.05. The molecule has 1 heterocycles. The van der Waals surface area contributed by atoms with Crippen LogP contribution < -0.4 is 10.1 Å². The highest BCUT2D eigenvalue weighted by Crippen LogP contribution is 2.29. The molecule has 32 heavy (non-hydrogen) atoms. The Hall–Kier alpha value is -3.29. The molecule has 4 aromatic rings. The van der Waals surface area contributed by atoms with Crippen LogP contribution in [0.5, 0.6) is 5.75 Å². The number of ether oxygens (including phenoxy) is 1. The summed E-state index contributed by atoms with van der Waals surface area (Å²) in [6, 6.07) is 22.7. The lowest BCUT2D eigenvalue weighted by atomic mass is 10.2. The summed E-state index contributed by atoms with van der Waals surface area (Å²) >= 11 is 7.37. The summed E-state index contributed by atoms with van der Waals surface area (Å²) in [5.74, 6) is 1.48. The van der Waals surface area contributed by atoms with Gasteiger partial charge in [0, 0.05) is 22.0 Å². The summed E-state index contributed by atoms with van der Waals surface area (Å²) in [5.41, 5.74) is 3.67. The Labute approximate surface area is 195 Å². The normalized spacial score (nSPS) is 10.7. The van der Waals surface area contributed by atoms with Gasteiger partial charge in [-0.25, -0.2) is 0 Å². The molecule has 1 amide bonds. The molecule has 0 saturated heterocycles. The first kappa shape index (κ1) is 21.9. The Bertz CT molecular complexity index is 1210. The van der Waals surface area contributed by atoms with Gasteiger partial charge < -0.3 is 10.1 Å². The molecule has 0 fully saturated rings. The average molecular weight is 465 g/mol. The number of aromatic nitrogens is 3. The van der Waals surface area contributed by atoms with Crippen molar-refractivity contribution in [1.82, 2.24) is 14.8 Å². The number of carbonyl (C=O) groups excluding carboxylic acids is 1. The maximum absolute atomic E-state index is 12.5. The van der Waals surface area contributed by atoms with E-state index >= 15 is 0 Å². The molecule has 4 rings (SSSR count). The van der Waals surface area contributed by atoms with E-state index in [2.05, 4.69) is 15.5 Å². The van der Waals surface area contributed by atoms with E-state index in [4.69, 9.17) is 16.3 Å². The van der Waals surface area contributed by atoms with Gasteiger partial charge in [0.2, 0.25) is 5.91 Å². The fourth-order valence-electron chi connectivity index (χ4n) is 3.08. The predicted octanol–water partition coefficient (Wildman–Crippen LogP) is 5.64. The van der Waals surface area contributed by atoms with E-state index in [1.165, 1.54) is 11.8 Å². The van der Waals surface area contributed by atoms with Crippen LogP contribution in [0.4, 0.5) is 5.69 Å². The molecule has 0 bridgehead atoms. The molecule has 0 unspecified atom stereocenters. The van der Waals surface area contributed by atoms with Gasteiger partial charge in [0.1, 0.15) is 5.75 Å². The molecule has 6 nitrogen and oxygen atoms in total. The third-order valence-electron chi connectivity index (χ3n) is 4.73. The average Bonchev–Trinajstić information content (AvgIpc) is 3.23. The maximum Gasteiger partial charge on any atom is 0.234 e. The topological polar surface area (TPSA) is 69.0 Å². The number of thioether (sulfide) groups is 1. The lowest BCUT2D eigenvalue weighted by Crippen LogP contribution is -2.14. The lowest BCUT2D eigenvalue weighted by Gasteiger charge is -2.11. The molecule has 162 valence electrons. The predicted molar refractivity (Wildman–Crippen MR) is 129 cm³/mol. The number of rotatable bonds is 7. The van der Waals surface area contributed by atoms with Crippen molar-refractivity contribution in [3.8, 4) is 22.8 Å². The van der Waals surface area contributed by atoms with Gasteiger partial charge in [0.05, 0.1) is 12.9 Å². The highest BCUT2D eigenvalue weighted by Gasteiger charge is 2.17. The molecular formula is C24H21ClN4O2S. The van der Waals surface area contributed by atoms with Crippen molar-refractivity contribution in [3.05, 3.63) is 83.4 Å². The molecule has 0 aliphatic rings. The number of methoxy groups -OCH3 is 1. The maximum atomic E-state index is 12.5. The van der Waals surface area contributed by atoms with Gasteiger partial charge >= 0.3 is 0 Å². The minimum Gasteiger partial charge on any atom is -0.497 e. The summed E-state index contributed by atoms with van der Waals surface area (Å²) in [6.07, 6.45) is 0. The first-order valence-corrected chi connectivity index (χ1v) is 11.2. The third kappa shape index (κ3) is 5.12. The fourth-order valence-corrected chi connectivity index (χ4v) is 3.96. The van der Waals surface area contributed by atoms with E-state index in [9.17, 15) is 4.79 Å². The number of amides is 1. The van der Waals surface area contributed by atoms with Crippen molar-refractivity contribution >= 4 is 35.0 Å². The quantitative estimate of drug-likeness (QED) is 0.359. The summed E-state index contributed by atoms with van der Waals surface area (Å²) in [5, 5.41) is 12.9. The molecule has 0 radical (unpaired) electrons. The third-order valence-corrected chi connectivity index (χ3v) is 5.92. The number of hydrogen-bond acceptors (Lipinski definition) is 5. The second-order valence-corrected chi connectivity index (χ2v) is 8.43. The number of carbonyl (C=O) groups is 1. The van der Waals surface area contributed by atoms with Crippen LogP contribution in [0, 0.1) is 6.92 Å². The van der Waals surface area contributed by atoms with Crippen molar-refractivity contribution in [2.75, 3.05) is 18.2 Å². The fraction of sp³-hybridized carbons (Fsp3) is 0.125. The lowest BCUT2D eigenvalue weighted by molar-refractivity contribution is -0.113. The zero-order valence-corrected chi connectivity index (χ0v) is 19.2. The van der Waals surface area contributed by atoms with Crippen LogP contribution >= 0.6 is 23.4 Å². The molecule has 1 N–H and O–H groups in total. The van der Waals surface area contributed by atoms with Gasteiger partial charge in [0.25, 0.3) is 0 Å². The summed E-state index contributed by atoms with van der Waals surface area (Å²) in [6.45, 7) is 2.04. The Morgan fingerprint density at radius 1 is 1.00 bits per heavy atom. The van der Waals surface area contributed by atoms with E-state index in [1.807, 2.05) is 60.0 Å². The zero-order valence-electron chi connectivity index (χ0n) is 17.6. The molecule has 1 aromatic heterocycles. The van der Waals surface area contributed by atoms with Crippen LogP contribution in [-0.2, 0) is 4.79 Å². The first-order chi connectivity index (χ1) is 15.5. The monoisotopic (exact) mass is 464 g/mol. The molecule has 0 aliphatic heterocycles. The molecule has 0 saturated carbocycles. The highest BCUT2D eigenvalue weighted by atomic mass is 35.5. The van der Waals surface area contributed by atoms with Crippen LogP contribution in [0.15, 0.2) is 78.0 Å². The Kier molecular flexibility index (Phi) is 6.78. The van der Waals surface area contributed by atoms with Gasteiger partial charge in [-0.15, -0.1) is 10.2 Å². The second kappa shape index (κ2) is 9.89. The largest absolute Gasteiger partial charge is 0.497 e. The molecule has 0 spiro atoms. The number of anilines is 1. The van der Waals surface area contributed by atoms with E-state index in [0.717, 1.165) is 22.6 Å². The van der Waals surface area contributed by atoms with Crippen molar-refractivity contribution in [2.24, 2.45) is 0 Å². The van der Waals surface area contributed by atoms with E-state index < -0.39 is 0 Å². The van der Waals surface area contributed by atoms with Crippen molar-refractivity contribution in [1.29, 1.82) is 0 Å². The minimum atomic E-state index is -0.133. The minimum absolute atomic E-state index is 0.133. The summed E-state index contributed by atoms with van der Waals surface area (Å²) in [4.78, 5) is 12.5. The molecule has 0 aliphatic carbocycles. The smallest absolute Gasteiger partial charge is 0.234 e. The SMILES string of the molecule is COc1ccc(NC(=O)CSc2nnc(-c3ccc(Cl)cc3)n2-c2ccc(C)cc2)cc1. The molecule has 3 aromatic carbocycles. The number of halogens is 1. The van der Waals surface area contributed by atoms with Crippen molar-refractivity contribution in [3.63, 3.8) is 0 Å². The van der Waals surface area contributed by atoms with Crippen molar-refractivity contribution < 1.29 is 9.53 Å². The Balaban J connectivity index is 1.56. The summed E-state index contributed by atoms with van der Waals surface area (Å²) in [7, 11) is 1.60. The number of nitrogens with one attached hydrogen (secondary N) is 1.